The van der Waals surface area contributed by atoms with E-state index < -0.39 is 5.92 Å². The maximum Gasteiger partial charge on any atom is 0.305 e. The van der Waals surface area contributed by atoms with Gasteiger partial charge in [-0.05, 0) is 23.3 Å². The molecule has 4 aromatic rings. The number of carbonyl (C=O) groups excluding carboxylic acids is 2. The van der Waals surface area contributed by atoms with Crippen LogP contribution in [0.2, 0.25) is 0 Å². The van der Waals surface area contributed by atoms with E-state index in [1.807, 2.05) is 42.5 Å². The van der Waals surface area contributed by atoms with Crippen LogP contribution in [0.4, 0.5) is 0 Å². The first kappa shape index (κ1) is 22.6. The van der Waals surface area contributed by atoms with Gasteiger partial charge in [-0.2, -0.15) is 0 Å². The zero-order valence-corrected chi connectivity index (χ0v) is 20.7. The second-order valence-electron chi connectivity index (χ2n) is 8.37. The van der Waals surface area contributed by atoms with Crippen molar-refractivity contribution in [2.45, 2.75) is 17.6 Å². The van der Waals surface area contributed by atoms with Gasteiger partial charge in [0, 0.05) is 16.7 Å². The Balaban J connectivity index is 1.45. The van der Waals surface area contributed by atoms with Crippen molar-refractivity contribution >= 4 is 34.7 Å². The van der Waals surface area contributed by atoms with Gasteiger partial charge in [0.2, 0.25) is 5.78 Å². The zero-order chi connectivity index (χ0) is 24.8. The summed E-state index contributed by atoms with van der Waals surface area (Å²) < 4.78 is 11.6. The summed E-state index contributed by atoms with van der Waals surface area (Å²) in [6.45, 7) is 0.374. The Morgan fingerprint density at radius 1 is 0.861 bits per heavy atom. The molecule has 0 fully saturated rings. The molecule has 2 aliphatic rings. The summed E-state index contributed by atoms with van der Waals surface area (Å²) in [6, 6.07) is 22.1. The number of ether oxygens (including phenoxy) is 2. The average molecular weight is 514 g/mol. The normalized spacial score (nSPS) is 16.3. The highest BCUT2D eigenvalue weighted by Crippen LogP contribution is 2.52. The molecule has 36 heavy (non-hydrogen) atoms. The lowest BCUT2D eigenvalue weighted by molar-refractivity contribution is 0.0977. The van der Waals surface area contributed by atoms with Crippen LogP contribution in [0, 0.1) is 0 Å². The molecule has 0 amide bonds. The number of H-pyrrole nitrogens is 1. The van der Waals surface area contributed by atoms with Crippen molar-refractivity contribution in [2.24, 2.45) is 0 Å². The van der Waals surface area contributed by atoms with Crippen LogP contribution in [0.1, 0.15) is 42.6 Å². The molecule has 0 unspecified atom stereocenters. The number of thioether (sulfide) groups is 1. The third kappa shape index (κ3) is 3.70. The molecule has 6 nitrogen and oxygen atoms in total. The maximum absolute atomic E-state index is 13.7. The highest BCUT2D eigenvalue weighted by molar-refractivity contribution is 8.04. The van der Waals surface area contributed by atoms with Crippen molar-refractivity contribution in [3.05, 3.63) is 120 Å². The minimum absolute atomic E-state index is 0.201. The third-order valence-electron chi connectivity index (χ3n) is 6.27. The summed E-state index contributed by atoms with van der Waals surface area (Å²) in [5.74, 6) is 0.0731. The number of aromatic amines is 1. The Morgan fingerprint density at radius 3 is 2.33 bits per heavy atom. The predicted molar refractivity (Wildman–Crippen MR) is 139 cm³/mol. The number of methoxy groups -OCH3 is 1. The summed E-state index contributed by atoms with van der Waals surface area (Å²) in [6.07, 6.45) is 0. The minimum Gasteiger partial charge on any atom is -0.493 e. The van der Waals surface area contributed by atoms with Crippen LogP contribution >= 0.6 is 23.1 Å². The standard InChI is InChI=1S/C28H19NO5S2/c1-33-20-13-16(11-12-19(20)34-14-15-7-3-2-4-8-15)21-22-23(30)17-9-5-6-10-18(17)24(31)25(22)35-27-26(21)36-28(32)29-27/h2-13,21H,14H2,1H3,(H,29,32)/t21-/m0/s1. The number of rotatable bonds is 5. The number of Topliss-reactive ketones (excluding diaryl/α,β-unsaturated/α-hetero) is 2. The van der Waals surface area contributed by atoms with E-state index in [0.29, 0.717) is 49.6 Å². The van der Waals surface area contributed by atoms with Crippen molar-refractivity contribution in [1.29, 1.82) is 0 Å². The molecule has 0 saturated heterocycles. The first-order valence-corrected chi connectivity index (χ1v) is 12.9. The van der Waals surface area contributed by atoms with Crippen molar-refractivity contribution in [2.75, 3.05) is 7.11 Å². The first-order chi connectivity index (χ1) is 17.5. The van der Waals surface area contributed by atoms with E-state index in [9.17, 15) is 14.4 Å². The second kappa shape index (κ2) is 8.96. The van der Waals surface area contributed by atoms with Gasteiger partial charge < -0.3 is 14.5 Å². The highest BCUT2D eigenvalue weighted by Gasteiger charge is 2.43. The fraction of sp³-hybridized carbons (Fsp3) is 0.107. The molecule has 1 atom stereocenters. The molecular weight excluding hydrogens is 494 g/mol. The van der Waals surface area contributed by atoms with Gasteiger partial charge >= 0.3 is 4.87 Å². The van der Waals surface area contributed by atoms with Crippen molar-refractivity contribution in [3.8, 4) is 11.5 Å². The molecule has 6 rings (SSSR count). The lowest BCUT2D eigenvalue weighted by Gasteiger charge is -2.30. The van der Waals surface area contributed by atoms with Gasteiger partial charge in [0.1, 0.15) is 6.61 Å². The number of nitrogens with one attached hydrogen (secondary N) is 1. The van der Waals surface area contributed by atoms with Gasteiger partial charge in [-0.15, -0.1) is 0 Å². The van der Waals surface area contributed by atoms with Crippen molar-refractivity contribution < 1.29 is 19.1 Å². The number of hydrogen-bond donors (Lipinski definition) is 1. The smallest absolute Gasteiger partial charge is 0.305 e. The molecule has 3 aromatic carbocycles. The van der Waals surface area contributed by atoms with Gasteiger partial charge in [0.05, 0.1) is 27.8 Å². The number of fused-ring (bicyclic) bond motifs is 2. The SMILES string of the molecule is COc1cc([C@H]2C3=C(Sc4[nH]c(=O)sc42)C(=O)c2ccccc2C3=O)ccc1OCc1ccccc1. The molecule has 1 N–H and O–H groups in total. The van der Waals surface area contributed by atoms with Crippen LogP contribution in [-0.4, -0.2) is 23.7 Å². The average Bonchev–Trinajstić information content (AvgIpc) is 3.29. The summed E-state index contributed by atoms with van der Waals surface area (Å²) in [4.78, 5) is 43.1. The zero-order valence-electron chi connectivity index (χ0n) is 19.1. The summed E-state index contributed by atoms with van der Waals surface area (Å²) >= 11 is 2.22. The molecule has 8 heteroatoms. The number of aromatic nitrogens is 1. The lowest BCUT2D eigenvalue weighted by Crippen LogP contribution is -2.27. The summed E-state index contributed by atoms with van der Waals surface area (Å²) in [5, 5.41) is 0.595. The largest absolute Gasteiger partial charge is 0.493 e. The monoisotopic (exact) mass is 513 g/mol. The molecule has 0 saturated carbocycles. The number of ketones is 2. The van der Waals surface area contributed by atoms with Crippen molar-refractivity contribution in [1.82, 2.24) is 4.98 Å². The number of hydrogen-bond acceptors (Lipinski definition) is 7. The van der Waals surface area contributed by atoms with Crippen LogP contribution in [0.5, 0.6) is 11.5 Å². The molecule has 1 aliphatic carbocycles. The number of allylic oxidation sites excluding steroid dienone is 2. The Kier molecular flexibility index (Phi) is 5.62. The number of benzene rings is 3. The molecule has 1 aliphatic heterocycles. The van der Waals surface area contributed by atoms with Crippen molar-refractivity contribution in [3.63, 3.8) is 0 Å². The fourth-order valence-corrected chi connectivity index (χ4v) is 6.87. The Morgan fingerprint density at radius 2 is 1.58 bits per heavy atom. The lowest BCUT2D eigenvalue weighted by atomic mass is 9.79. The Labute approximate surface area is 214 Å². The number of carbonyl (C=O) groups is 2. The van der Waals surface area contributed by atoms with Gasteiger partial charge in [-0.25, -0.2) is 0 Å². The van der Waals surface area contributed by atoms with E-state index in [-0.39, 0.29) is 16.4 Å². The summed E-state index contributed by atoms with van der Waals surface area (Å²) in [7, 11) is 1.56. The molecule has 1 aromatic heterocycles. The molecular formula is C28H19NO5S2. The van der Waals surface area contributed by atoms with Gasteiger partial charge in [0.25, 0.3) is 0 Å². The van der Waals surface area contributed by atoms with Gasteiger partial charge in [-0.1, -0.05) is 83.8 Å². The second-order valence-corrected chi connectivity index (χ2v) is 10.4. The fourth-order valence-electron chi connectivity index (χ4n) is 4.60. The molecule has 0 radical (unpaired) electrons. The van der Waals surface area contributed by atoms with Gasteiger partial charge in [-0.3, -0.25) is 14.4 Å². The Hall–Kier alpha value is -3.88. The minimum atomic E-state index is -0.581. The maximum atomic E-state index is 13.7. The topological polar surface area (TPSA) is 85.5 Å². The van der Waals surface area contributed by atoms with E-state index in [2.05, 4.69) is 4.98 Å². The van der Waals surface area contributed by atoms with E-state index in [1.165, 1.54) is 0 Å². The van der Waals surface area contributed by atoms with Crippen LogP contribution in [0.3, 0.4) is 0 Å². The third-order valence-corrected chi connectivity index (χ3v) is 8.48. The van der Waals surface area contributed by atoms with Gasteiger partial charge in [0.15, 0.2) is 17.3 Å². The van der Waals surface area contributed by atoms with Crippen LogP contribution < -0.4 is 14.3 Å². The van der Waals surface area contributed by atoms with E-state index in [1.54, 1.807) is 37.4 Å². The summed E-state index contributed by atoms with van der Waals surface area (Å²) in [5.41, 5.74) is 2.92. The first-order valence-electron chi connectivity index (χ1n) is 11.2. The van der Waals surface area contributed by atoms with E-state index in [4.69, 9.17) is 9.47 Å². The van der Waals surface area contributed by atoms with E-state index >= 15 is 0 Å². The molecule has 0 spiro atoms. The van der Waals surface area contributed by atoms with E-state index in [0.717, 1.165) is 34.2 Å². The molecule has 0 bridgehead atoms. The van der Waals surface area contributed by atoms with Crippen LogP contribution in [-0.2, 0) is 6.61 Å². The Bertz CT molecular complexity index is 1620. The van der Waals surface area contributed by atoms with Crippen LogP contribution in [0.25, 0.3) is 0 Å². The number of thiazole rings is 1. The quantitative estimate of drug-likeness (QED) is 0.374. The van der Waals surface area contributed by atoms with Crippen LogP contribution in [0.15, 0.2) is 93.1 Å². The highest BCUT2D eigenvalue weighted by atomic mass is 32.2. The predicted octanol–water partition coefficient (Wildman–Crippen LogP) is 5.59. The molecule has 178 valence electrons. The molecule has 2 heterocycles.